The molecule has 0 aliphatic carbocycles. The number of carboxylic acid groups (broad SMARTS) is 1. The van der Waals surface area contributed by atoms with Gasteiger partial charge in [-0.15, -0.1) is 0 Å². The van der Waals surface area contributed by atoms with Gasteiger partial charge in [-0.1, -0.05) is 44.2 Å². The van der Waals surface area contributed by atoms with Crippen molar-refractivity contribution in [3.05, 3.63) is 59.9 Å². The van der Waals surface area contributed by atoms with Crippen LogP contribution in [0, 0.1) is 12.8 Å². The van der Waals surface area contributed by atoms with E-state index in [0.717, 1.165) is 43.9 Å². The Morgan fingerprint density at radius 2 is 1.71 bits per heavy atom. The van der Waals surface area contributed by atoms with Crippen molar-refractivity contribution in [3.63, 3.8) is 0 Å². The number of pyridine rings is 1. The maximum atomic E-state index is 12.9. The first-order chi connectivity index (χ1) is 16.0. The Kier molecular flexibility index (Phi) is 9.70. The number of aromatic nitrogens is 1. The number of halogens is 3. The van der Waals surface area contributed by atoms with Crippen molar-refractivity contribution in [1.29, 1.82) is 0 Å². The van der Waals surface area contributed by atoms with Crippen molar-refractivity contribution in [2.45, 2.75) is 39.4 Å². The minimum absolute atomic E-state index is 0.0286. The lowest BCUT2D eigenvalue weighted by atomic mass is 9.96. The highest BCUT2D eigenvalue weighted by molar-refractivity contribution is 5.75. The van der Waals surface area contributed by atoms with Crippen LogP contribution in [0.25, 0.3) is 0 Å². The average Bonchev–Trinajstić information content (AvgIpc) is 3.04. The van der Waals surface area contributed by atoms with Crippen LogP contribution in [0.3, 0.4) is 0 Å². The number of anilines is 1. The molecule has 1 aliphatic heterocycles. The third-order valence-corrected chi connectivity index (χ3v) is 5.38. The zero-order valence-electron chi connectivity index (χ0n) is 19.5. The normalized spacial score (nSPS) is 15.1. The molecule has 1 aromatic heterocycles. The number of benzene rings is 1. The highest BCUT2D eigenvalue weighted by Crippen LogP contribution is 2.22. The molecule has 1 aromatic carbocycles. The van der Waals surface area contributed by atoms with Gasteiger partial charge in [0.25, 0.3) is 0 Å². The number of aliphatic carboxylic acids is 1. The molecule has 1 saturated heterocycles. The summed E-state index contributed by atoms with van der Waals surface area (Å²) < 4.78 is 31.7. The van der Waals surface area contributed by atoms with E-state index < -0.39 is 12.1 Å². The van der Waals surface area contributed by atoms with E-state index in [1.165, 1.54) is 5.69 Å². The Labute approximate surface area is 197 Å². The van der Waals surface area contributed by atoms with Crippen molar-refractivity contribution in [2.75, 3.05) is 31.1 Å². The predicted molar refractivity (Wildman–Crippen MR) is 124 cm³/mol. The van der Waals surface area contributed by atoms with Crippen LogP contribution in [0.5, 0.6) is 0 Å². The molecule has 0 radical (unpaired) electrons. The van der Waals surface area contributed by atoms with E-state index in [1.807, 2.05) is 42.3 Å². The van der Waals surface area contributed by atoms with Crippen LogP contribution in [-0.4, -0.2) is 59.3 Å². The van der Waals surface area contributed by atoms with Crippen LogP contribution < -0.4 is 10.2 Å². The van der Waals surface area contributed by atoms with Gasteiger partial charge in [0.05, 0.1) is 6.04 Å². The molecule has 7 nitrogen and oxygen atoms in total. The molecule has 10 heteroatoms. The molecule has 0 spiro atoms. The van der Waals surface area contributed by atoms with Gasteiger partial charge in [-0.2, -0.15) is 13.2 Å². The second-order valence-corrected chi connectivity index (χ2v) is 8.37. The maximum absolute atomic E-state index is 12.9. The Balaban J connectivity index is 0.000000509. The zero-order chi connectivity index (χ0) is 25.3. The second-order valence-electron chi connectivity index (χ2n) is 8.37. The third kappa shape index (κ3) is 8.24. The van der Waals surface area contributed by atoms with Gasteiger partial charge in [-0.25, -0.2) is 9.59 Å². The highest BCUT2D eigenvalue weighted by atomic mass is 19.4. The summed E-state index contributed by atoms with van der Waals surface area (Å²) in [6, 6.07) is 14.4. The SMILES string of the molecule is Cc1cc(N2CCCN(C(=O)NC(c3ccccc3)C(C)C)CC2)ccn1.O=C(O)C(F)(F)F. The molecule has 1 atom stereocenters. The average molecular weight is 481 g/mol. The quantitative estimate of drug-likeness (QED) is 0.666. The molecule has 1 fully saturated rings. The van der Waals surface area contributed by atoms with Gasteiger partial charge in [0.2, 0.25) is 0 Å². The largest absolute Gasteiger partial charge is 0.490 e. The standard InChI is InChI=1S/C22H30N4O.C2HF3O2/c1-17(2)21(19-8-5-4-6-9-19)24-22(27)26-13-7-12-25(14-15-26)20-10-11-23-18(3)16-20;3-2(4,5)1(6)7/h4-6,8-11,16-17,21H,7,12-15H2,1-3H3,(H,24,27);(H,6,7). The Morgan fingerprint density at radius 1 is 1.06 bits per heavy atom. The molecule has 0 bridgehead atoms. The summed E-state index contributed by atoms with van der Waals surface area (Å²) in [5.41, 5.74) is 3.37. The first-order valence-corrected chi connectivity index (χ1v) is 11.1. The molecular weight excluding hydrogens is 449 g/mol. The highest BCUT2D eigenvalue weighted by Gasteiger charge is 2.38. The number of carbonyl (C=O) groups excluding carboxylic acids is 1. The summed E-state index contributed by atoms with van der Waals surface area (Å²) in [7, 11) is 0. The van der Waals surface area contributed by atoms with E-state index in [0.29, 0.717) is 5.92 Å². The molecule has 2 N–H and O–H groups in total. The topological polar surface area (TPSA) is 85.8 Å². The summed E-state index contributed by atoms with van der Waals surface area (Å²) in [5, 5.41) is 10.4. The van der Waals surface area contributed by atoms with Crippen LogP contribution in [0.15, 0.2) is 48.7 Å². The van der Waals surface area contributed by atoms with Gasteiger partial charge in [0.15, 0.2) is 0 Å². The summed E-state index contributed by atoms with van der Waals surface area (Å²) in [6.07, 6.45) is -2.26. The van der Waals surface area contributed by atoms with Gasteiger partial charge in [-0.3, -0.25) is 4.98 Å². The fourth-order valence-corrected chi connectivity index (χ4v) is 3.63. The Hall–Kier alpha value is -3.30. The fraction of sp³-hybridized carbons (Fsp3) is 0.458. The minimum atomic E-state index is -5.08. The number of carboxylic acids is 1. The summed E-state index contributed by atoms with van der Waals surface area (Å²) in [4.78, 5) is 30.4. The number of nitrogens with zero attached hydrogens (tertiary/aromatic N) is 3. The van der Waals surface area contributed by atoms with Crippen LogP contribution >= 0.6 is 0 Å². The number of nitrogens with one attached hydrogen (secondary N) is 1. The van der Waals surface area contributed by atoms with Crippen LogP contribution in [0.4, 0.5) is 23.7 Å². The van der Waals surface area contributed by atoms with E-state index in [1.54, 1.807) is 0 Å². The number of hydrogen-bond acceptors (Lipinski definition) is 4. The molecule has 2 amide bonds. The predicted octanol–water partition coefficient (Wildman–Crippen LogP) is 4.64. The van der Waals surface area contributed by atoms with E-state index in [4.69, 9.17) is 9.90 Å². The molecule has 186 valence electrons. The van der Waals surface area contributed by atoms with E-state index in [2.05, 4.69) is 47.2 Å². The summed E-state index contributed by atoms with van der Waals surface area (Å²) in [5.74, 6) is -2.42. The van der Waals surface area contributed by atoms with Crippen molar-refractivity contribution in [1.82, 2.24) is 15.2 Å². The van der Waals surface area contributed by atoms with E-state index >= 15 is 0 Å². The number of hydrogen-bond donors (Lipinski definition) is 2. The van der Waals surface area contributed by atoms with Crippen molar-refractivity contribution >= 4 is 17.7 Å². The van der Waals surface area contributed by atoms with Crippen molar-refractivity contribution in [2.24, 2.45) is 5.92 Å². The molecule has 0 saturated carbocycles. The monoisotopic (exact) mass is 480 g/mol. The fourth-order valence-electron chi connectivity index (χ4n) is 3.63. The lowest BCUT2D eigenvalue weighted by molar-refractivity contribution is -0.192. The van der Waals surface area contributed by atoms with Gasteiger partial charge < -0.3 is 20.2 Å². The zero-order valence-corrected chi connectivity index (χ0v) is 19.5. The van der Waals surface area contributed by atoms with Gasteiger partial charge in [0.1, 0.15) is 0 Å². The molecule has 3 rings (SSSR count). The Bertz CT molecular complexity index is 939. The number of carbonyl (C=O) groups is 2. The first-order valence-electron chi connectivity index (χ1n) is 11.1. The van der Waals surface area contributed by atoms with E-state index in [9.17, 15) is 18.0 Å². The first kappa shape index (κ1) is 26.9. The van der Waals surface area contributed by atoms with Gasteiger partial charge in [-0.05, 0) is 37.0 Å². The molecule has 1 aliphatic rings. The summed E-state index contributed by atoms with van der Waals surface area (Å²) in [6.45, 7) is 9.62. The number of rotatable bonds is 4. The van der Waals surface area contributed by atoms with Crippen LogP contribution in [0.1, 0.15) is 37.6 Å². The summed E-state index contributed by atoms with van der Waals surface area (Å²) >= 11 is 0. The van der Waals surface area contributed by atoms with Gasteiger partial charge in [0, 0.05) is 43.8 Å². The minimum Gasteiger partial charge on any atom is -0.475 e. The molecule has 2 heterocycles. The maximum Gasteiger partial charge on any atom is 0.490 e. The van der Waals surface area contributed by atoms with Crippen molar-refractivity contribution in [3.8, 4) is 0 Å². The van der Waals surface area contributed by atoms with Gasteiger partial charge >= 0.3 is 18.2 Å². The number of amides is 2. The molecular formula is C24H31F3N4O3. The molecule has 34 heavy (non-hydrogen) atoms. The van der Waals surface area contributed by atoms with Crippen LogP contribution in [-0.2, 0) is 4.79 Å². The third-order valence-electron chi connectivity index (χ3n) is 5.38. The lowest BCUT2D eigenvalue weighted by Gasteiger charge is -2.28. The van der Waals surface area contributed by atoms with Crippen molar-refractivity contribution < 1.29 is 27.9 Å². The Morgan fingerprint density at radius 3 is 2.26 bits per heavy atom. The van der Waals surface area contributed by atoms with E-state index in [-0.39, 0.29) is 12.1 Å². The molecule has 1 unspecified atom stereocenters. The second kappa shape index (κ2) is 12.2. The van der Waals surface area contributed by atoms with Crippen LogP contribution in [0.2, 0.25) is 0 Å². The number of aryl methyl sites for hydroxylation is 1. The number of alkyl halides is 3. The smallest absolute Gasteiger partial charge is 0.475 e. The molecule has 2 aromatic rings. The number of urea groups is 1. The lowest BCUT2D eigenvalue weighted by Crippen LogP contribution is -2.44.